The van der Waals surface area contributed by atoms with Crippen LogP contribution in [0, 0.1) is 0 Å². The van der Waals surface area contributed by atoms with Crippen LogP contribution in [0.4, 0.5) is 0 Å². The van der Waals surface area contributed by atoms with Crippen molar-refractivity contribution in [2.24, 2.45) is 0 Å². The van der Waals surface area contributed by atoms with Crippen molar-refractivity contribution in [1.29, 1.82) is 0 Å². The van der Waals surface area contributed by atoms with Crippen LogP contribution in [0.25, 0.3) is 0 Å². The molecule has 0 aliphatic carbocycles. The Labute approximate surface area is 388 Å². The van der Waals surface area contributed by atoms with E-state index in [1.54, 1.807) is 0 Å². The Morgan fingerprint density at radius 3 is 1.59 bits per heavy atom. The van der Waals surface area contributed by atoms with Gasteiger partial charge in [-0.1, -0.05) is 171 Å². The topological polar surface area (TPSA) is 178 Å². The number of aliphatic hydroxyl groups excluding tert-OH is 3. The minimum Gasteiger partial charge on any atom is -0.457 e. The average Bonchev–Trinajstić information content (AvgIpc) is 3.27. The Morgan fingerprint density at radius 2 is 1.08 bits per heavy atom. The van der Waals surface area contributed by atoms with E-state index in [-0.39, 0.29) is 19.6 Å². The quantitative estimate of drug-likeness (QED) is 0.0197. The van der Waals surface area contributed by atoms with Gasteiger partial charge >= 0.3 is 16.4 Å². The summed E-state index contributed by atoms with van der Waals surface area (Å²) in [4.78, 5) is 12.9. The summed E-state index contributed by atoms with van der Waals surface area (Å²) in [6.45, 7) is 3.83. The standard InChI is InChI=1S/C51H90O12S/c1-3-5-7-9-11-13-15-17-19-20-21-22-23-24-25-27-29-31-33-35-37-39-41-59-43-45(44-60-51-49(55)50(63-64(56,57)58)48(54)46(42-52)62-51)61-47(53)40-38-36-34-32-30-28-26-18-16-14-12-10-8-6-4-2/h6,8,12,14,18,20-21,26,30,32,45-46,48-52,54-55H,3-5,7,9-11,13,15-17,19,22-25,27-29,31,33-44H2,1-2H3,(H,56,57,58)/b8-6-,14-12-,21-20-,26-18-,32-30-. The minimum atomic E-state index is -5.07. The summed E-state index contributed by atoms with van der Waals surface area (Å²) in [6.07, 6.45) is 44.1. The first-order chi connectivity index (χ1) is 31.1. The molecular formula is C51H90O12S. The molecule has 0 bridgehead atoms. The Balaban J connectivity index is 2.38. The molecule has 0 amide bonds. The van der Waals surface area contributed by atoms with Crippen LogP contribution in [0.2, 0.25) is 0 Å². The fourth-order valence-corrected chi connectivity index (χ4v) is 7.87. The number of hydrogen-bond acceptors (Lipinski definition) is 11. The Morgan fingerprint density at radius 1 is 0.609 bits per heavy atom. The molecule has 0 aromatic rings. The third-order valence-corrected chi connectivity index (χ3v) is 11.6. The van der Waals surface area contributed by atoms with Gasteiger partial charge in [0.1, 0.15) is 30.5 Å². The number of carbonyl (C=O) groups is 1. The van der Waals surface area contributed by atoms with E-state index in [0.29, 0.717) is 13.0 Å². The molecule has 1 aliphatic rings. The maximum Gasteiger partial charge on any atom is 0.397 e. The van der Waals surface area contributed by atoms with Gasteiger partial charge in [0.15, 0.2) is 6.29 Å². The molecule has 6 unspecified atom stereocenters. The van der Waals surface area contributed by atoms with Crippen molar-refractivity contribution in [3.63, 3.8) is 0 Å². The van der Waals surface area contributed by atoms with E-state index in [0.717, 1.165) is 57.8 Å². The Kier molecular flexibility index (Phi) is 39.4. The molecule has 0 aromatic heterocycles. The number of rotatable bonds is 43. The van der Waals surface area contributed by atoms with Gasteiger partial charge in [0.05, 0.1) is 19.8 Å². The monoisotopic (exact) mass is 927 g/mol. The zero-order chi connectivity index (χ0) is 46.8. The van der Waals surface area contributed by atoms with Crippen LogP contribution in [-0.4, -0.2) is 97.5 Å². The van der Waals surface area contributed by atoms with Crippen molar-refractivity contribution in [2.75, 3.05) is 26.4 Å². The highest BCUT2D eigenvalue weighted by atomic mass is 32.3. The van der Waals surface area contributed by atoms with Crippen LogP contribution in [0.3, 0.4) is 0 Å². The molecule has 0 aromatic carbocycles. The van der Waals surface area contributed by atoms with Crippen molar-refractivity contribution >= 4 is 16.4 Å². The smallest absolute Gasteiger partial charge is 0.397 e. The lowest BCUT2D eigenvalue weighted by Gasteiger charge is -2.41. The predicted octanol–water partition coefficient (Wildman–Crippen LogP) is 11.3. The molecule has 64 heavy (non-hydrogen) atoms. The second kappa shape index (κ2) is 42.2. The molecule has 0 saturated carbocycles. The molecule has 6 atom stereocenters. The summed E-state index contributed by atoms with van der Waals surface area (Å²) in [5, 5.41) is 30.7. The van der Waals surface area contributed by atoms with Crippen LogP contribution in [0.1, 0.15) is 194 Å². The van der Waals surface area contributed by atoms with Crippen molar-refractivity contribution in [3.05, 3.63) is 60.8 Å². The molecule has 1 rings (SSSR count). The Hall–Kier alpha value is -2.20. The second-order valence-corrected chi connectivity index (χ2v) is 18.1. The summed E-state index contributed by atoms with van der Waals surface area (Å²) in [7, 11) is -5.07. The van der Waals surface area contributed by atoms with Crippen LogP contribution in [-0.2, 0) is 38.3 Å². The number of carbonyl (C=O) groups excluding carboxylic acids is 1. The summed E-state index contributed by atoms with van der Waals surface area (Å²) < 4.78 is 59.1. The number of esters is 1. The summed E-state index contributed by atoms with van der Waals surface area (Å²) >= 11 is 0. The van der Waals surface area contributed by atoms with Gasteiger partial charge in [0, 0.05) is 13.0 Å². The third kappa shape index (κ3) is 35.1. The summed E-state index contributed by atoms with van der Waals surface area (Å²) in [5.41, 5.74) is 0. The number of hydrogen-bond donors (Lipinski definition) is 4. The van der Waals surface area contributed by atoms with Crippen LogP contribution in [0.5, 0.6) is 0 Å². The van der Waals surface area contributed by atoms with Gasteiger partial charge in [-0.05, 0) is 77.0 Å². The highest BCUT2D eigenvalue weighted by Crippen LogP contribution is 2.26. The Bertz CT molecular complexity index is 1350. The fraction of sp³-hybridized carbons (Fsp3) is 0.784. The molecule has 0 radical (unpaired) electrons. The van der Waals surface area contributed by atoms with E-state index in [2.05, 4.69) is 78.8 Å². The summed E-state index contributed by atoms with van der Waals surface area (Å²) in [6, 6.07) is 0. The predicted molar refractivity (Wildman–Crippen MR) is 257 cm³/mol. The lowest BCUT2D eigenvalue weighted by Crippen LogP contribution is -2.60. The first kappa shape index (κ1) is 59.8. The summed E-state index contributed by atoms with van der Waals surface area (Å²) in [5.74, 6) is -0.440. The number of aliphatic hydroxyl groups is 3. The van der Waals surface area contributed by atoms with Gasteiger partial charge in [-0.3, -0.25) is 9.35 Å². The van der Waals surface area contributed by atoms with E-state index in [1.807, 2.05) is 0 Å². The van der Waals surface area contributed by atoms with Crippen molar-refractivity contribution in [3.8, 4) is 0 Å². The van der Waals surface area contributed by atoms with Crippen molar-refractivity contribution in [1.82, 2.24) is 0 Å². The first-order valence-corrected chi connectivity index (χ1v) is 26.4. The van der Waals surface area contributed by atoms with E-state index >= 15 is 0 Å². The third-order valence-electron chi connectivity index (χ3n) is 11.1. The molecule has 12 nitrogen and oxygen atoms in total. The molecular weight excluding hydrogens is 837 g/mol. The van der Waals surface area contributed by atoms with E-state index in [4.69, 9.17) is 18.9 Å². The lowest BCUT2D eigenvalue weighted by molar-refractivity contribution is -0.301. The molecule has 4 N–H and O–H groups in total. The number of unbranched alkanes of at least 4 members (excludes halogenated alkanes) is 20. The van der Waals surface area contributed by atoms with E-state index in [9.17, 15) is 33.1 Å². The van der Waals surface area contributed by atoms with Gasteiger partial charge in [-0.2, -0.15) is 8.42 Å². The SMILES string of the molecule is CC/C=C\C/C=C\C/C=C\C/C=C\CCCCC(=O)OC(COCCCCCCCCCCCC/C=C\CCCCCCCCCC)COC1OC(CO)C(O)C(OS(=O)(=O)O)C1O. The molecule has 1 heterocycles. The molecule has 0 spiro atoms. The van der Waals surface area contributed by atoms with E-state index < -0.39 is 59.8 Å². The molecule has 1 aliphatic heterocycles. The van der Waals surface area contributed by atoms with Crippen molar-refractivity contribution in [2.45, 2.75) is 230 Å². The zero-order valence-corrected chi connectivity index (χ0v) is 40.6. The first-order valence-electron chi connectivity index (χ1n) is 25.0. The van der Waals surface area contributed by atoms with Crippen LogP contribution < -0.4 is 0 Å². The number of allylic oxidation sites excluding steroid dienone is 10. The maximum absolute atomic E-state index is 12.9. The van der Waals surface area contributed by atoms with Gasteiger partial charge < -0.3 is 34.3 Å². The van der Waals surface area contributed by atoms with Gasteiger partial charge in [0.25, 0.3) is 0 Å². The largest absolute Gasteiger partial charge is 0.457 e. The van der Waals surface area contributed by atoms with Crippen molar-refractivity contribution < 1.29 is 56.2 Å². The van der Waals surface area contributed by atoms with Gasteiger partial charge in [0.2, 0.25) is 0 Å². The minimum absolute atomic E-state index is 0.0164. The van der Waals surface area contributed by atoms with Gasteiger partial charge in [-0.15, -0.1) is 0 Å². The number of ether oxygens (including phenoxy) is 4. The maximum atomic E-state index is 12.9. The van der Waals surface area contributed by atoms with E-state index in [1.165, 1.54) is 109 Å². The molecule has 372 valence electrons. The van der Waals surface area contributed by atoms with Crippen LogP contribution in [0.15, 0.2) is 60.8 Å². The average molecular weight is 927 g/mol. The lowest BCUT2D eigenvalue weighted by atomic mass is 9.99. The van der Waals surface area contributed by atoms with Crippen LogP contribution >= 0.6 is 0 Å². The highest BCUT2D eigenvalue weighted by molar-refractivity contribution is 7.80. The van der Waals surface area contributed by atoms with Gasteiger partial charge in [-0.25, -0.2) is 4.18 Å². The zero-order valence-electron chi connectivity index (χ0n) is 39.8. The highest BCUT2D eigenvalue weighted by Gasteiger charge is 2.48. The normalized spacial score (nSPS) is 20.2. The molecule has 1 saturated heterocycles. The molecule has 1 fully saturated rings. The molecule has 13 heteroatoms. The second-order valence-electron chi connectivity index (χ2n) is 17.0. The fourth-order valence-electron chi connectivity index (χ4n) is 7.36.